The lowest BCUT2D eigenvalue weighted by Gasteiger charge is -2.28. The molecule has 1 aromatic heterocycles. The number of nitrogens with zero attached hydrogens (tertiary/aromatic N) is 2. The molecule has 28 heteroatoms. The molecular formula is C75H97F2N6O19P. The van der Waals surface area contributed by atoms with E-state index in [0.717, 1.165) is 76.7 Å². The average Bonchev–Trinajstić information content (AvgIpc) is 1.71. The van der Waals surface area contributed by atoms with Gasteiger partial charge in [0.2, 0.25) is 43.1 Å². The summed E-state index contributed by atoms with van der Waals surface area (Å²) in [4.78, 5) is 117. The fraction of sp³-hybridized carbons (Fsp3) is 0.533. The van der Waals surface area contributed by atoms with E-state index in [2.05, 4.69) is 16.0 Å². The van der Waals surface area contributed by atoms with Gasteiger partial charge >= 0.3 is 30.9 Å². The highest BCUT2D eigenvalue weighted by Crippen LogP contribution is 2.67. The fourth-order valence-electron chi connectivity index (χ4n) is 12.4. The van der Waals surface area contributed by atoms with Crippen LogP contribution in [0.3, 0.4) is 0 Å². The lowest BCUT2D eigenvalue weighted by molar-refractivity contribution is -0.163. The van der Waals surface area contributed by atoms with E-state index >= 15 is 8.78 Å². The molecule has 103 heavy (non-hydrogen) atoms. The maximum atomic E-state index is 16.3. The average molecular weight is 1460 g/mol. The number of carbonyl (C=O) groups is 8. The Morgan fingerprint density at radius 3 is 1.86 bits per heavy atom. The maximum Gasteiger partial charge on any atom is 0.410 e. The highest BCUT2D eigenvalue weighted by Gasteiger charge is 2.56. The first-order chi connectivity index (χ1) is 48.9. The van der Waals surface area contributed by atoms with Crippen LogP contribution in [0.5, 0.6) is 0 Å². The third kappa shape index (κ3) is 21.7. The van der Waals surface area contributed by atoms with Crippen molar-refractivity contribution in [1.82, 2.24) is 25.1 Å². The number of carbonyl (C=O) groups excluding carboxylic acids is 8. The molecule has 6 atom stereocenters. The number of rotatable bonds is 38. The summed E-state index contributed by atoms with van der Waals surface area (Å²) < 4.78 is 98.5. The Labute approximate surface area is 598 Å². The molecule has 1 saturated heterocycles. The molecule has 5 amide bonds. The largest absolute Gasteiger partial charge is 0.438 e. The van der Waals surface area contributed by atoms with Crippen LogP contribution in [-0.2, 0) is 130 Å². The Bertz CT molecular complexity index is 3940. The minimum atomic E-state index is -5.60. The lowest BCUT2D eigenvalue weighted by atomic mass is 9.84. The molecule has 2 unspecified atom stereocenters. The summed E-state index contributed by atoms with van der Waals surface area (Å²) in [5.74, 6) is -6.25. The number of imidazole rings is 1. The van der Waals surface area contributed by atoms with Gasteiger partial charge in [-0.05, 0) is 170 Å². The number of ether oxygens (including phenoxy) is 7. The van der Waals surface area contributed by atoms with Gasteiger partial charge in [-0.1, -0.05) is 72.8 Å². The predicted molar refractivity (Wildman–Crippen MR) is 376 cm³/mol. The lowest BCUT2D eigenvalue weighted by Crippen LogP contribution is -2.49. The number of benzene rings is 4. The van der Waals surface area contributed by atoms with Crippen LogP contribution in [0.1, 0.15) is 157 Å². The van der Waals surface area contributed by atoms with E-state index in [-0.39, 0.29) is 62.5 Å². The van der Waals surface area contributed by atoms with Crippen LogP contribution in [0, 0.1) is 16.7 Å². The summed E-state index contributed by atoms with van der Waals surface area (Å²) in [5.41, 5.74) is 5.49. The van der Waals surface area contributed by atoms with E-state index < -0.39 is 115 Å². The number of halogens is 2. The van der Waals surface area contributed by atoms with Crippen LogP contribution in [0.25, 0.3) is 16.6 Å². The number of Topliss-reactive ketones (excluding diaryl/α,β-unsaturated/α-hetero) is 1. The molecule has 3 aliphatic rings. The van der Waals surface area contributed by atoms with Crippen LogP contribution in [-0.4, -0.2) is 141 Å². The topological polar surface area (TPSA) is 326 Å². The number of hydrogen-bond acceptors (Lipinski definition) is 19. The number of hydrogen-bond donors (Lipinski definition) is 4. The molecule has 5 N–H and O–H groups in total. The van der Waals surface area contributed by atoms with Gasteiger partial charge in [-0.15, -0.1) is 0 Å². The zero-order valence-electron chi connectivity index (χ0n) is 60.1. The molecule has 8 rings (SSSR count). The minimum Gasteiger partial charge on any atom is -0.438 e. The Morgan fingerprint density at radius 2 is 1.28 bits per heavy atom. The number of fused-ring (bicyclic) bond motifs is 1. The van der Waals surface area contributed by atoms with Gasteiger partial charge < -0.3 is 49.5 Å². The summed E-state index contributed by atoms with van der Waals surface area (Å²) in [5, 5.41) is 8.26. The number of piperidine rings is 1. The number of aryl methyl sites for hydroxylation is 4. The molecule has 1 aliphatic heterocycles. The number of alkyl halides is 2. The predicted octanol–water partition coefficient (Wildman–Crippen LogP) is 9.03. The minimum absolute atomic E-state index is 0.0413. The fourth-order valence-corrected chi connectivity index (χ4v) is 13.6. The number of primary amides is 1. The van der Waals surface area contributed by atoms with E-state index in [1.165, 1.54) is 68.9 Å². The van der Waals surface area contributed by atoms with Crippen molar-refractivity contribution in [3.63, 3.8) is 0 Å². The first kappa shape index (κ1) is 80.5. The summed E-state index contributed by atoms with van der Waals surface area (Å²) in [6.45, 7) is 14.0. The number of aromatic nitrogens is 2. The van der Waals surface area contributed by atoms with E-state index in [0.29, 0.717) is 75.9 Å². The molecule has 2 heterocycles. The van der Waals surface area contributed by atoms with Crippen molar-refractivity contribution in [3.05, 3.63) is 146 Å². The SMILES string of the molecule is C/C(=C\C(=O)N[C@H]1CCc2cccc3c2C(C1=O)[C@H](C(=O)N[C@@H](CCC(N)=O)[C@@H](C)OCc1ccc(CCCOCCOCCOCCOCCCc2ccc4c(c2)n(C)c(=O)n4C2CCC(=O)NC2=O)cc1)C3)c1ccc(C(F)(F)P(=O)(OCOC(=O)C(C)(C)C)OCOC(=O)C(C)(C)C)cc1. The molecule has 560 valence electrons. The van der Waals surface area contributed by atoms with Crippen molar-refractivity contribution in [2.75, 3.05) is 66.4 Å². The number of ketones is 1. The maximum absolute atomic E-state index is 16.3. The molecule has 0 radical (unpaired) electrons. The van der Waals surface area contributed by atoms with Crippen molar-refractivity contribution in [1.29, 1.82) is 0 Å². The Morgan fingerprint density at radius 1 is 0.718 bits per heavy atom. The van der Waals surface area contributed by atoms with Crippen molar-refractivity contribution >= 4 is 71.5 Å². The Hall–Kier alpha value is -8.14. The molecular weight excluding hydrogens is 1360 g/mol. The number of nitrogens with two attached hydrogens (primary N) is 1. The second-order valence-corrected chi connectivity index (χ2v) is 30.3. The highest BCUT2D eigenvalue weighted by molar-refractivity contribution is 7.54. The van der Waals surface area contributed by atoms with E-state index in [4.69, 9.17) is 47.9 Å². The van der Waals surface area contributed by atoms with Gasteiger partial charge in [0, 0.05) is 44.7 Å². The summed E-state index contributed by atoms with van der Waals surface area (Å²) in [6.07, 6.45) is 5.19. The number of imide groups is 1. The van der Waals surface area contributed by atoms with Crippen LogP contribution < -0.4 is 27.4 Å². The van der Waals surface area contributed by atoms with Crippen LogP contribution in [0.2, 0.25) is 0 Å². The van der Waals surface area contributed by atoms with Crippen molar-refractivity contribution in [2.45, 2.75) is 168 Å². The number of nitrogens with one attached hydrogen (secondary N) is 3. The molecule has 0 spiro atoms. The van der Waals surface area contributed by atoms with E-state index in [9.17, 15) is 47.7 Å². The van der Waals surface area contributed by atoms with Gasteiger partial charge in [-0.25, -0.2) is 4.79 Å². The molecule has 0 bridgehead atoms. The quantitative estimate of drug-likeness (QED) is 0.00715. The smallest absolute Gasteiger partial charge is 0.410 e. The molecule has 1 fully saturated rings. The summed E-state index contributed by atoms with van der Waals surface area (Å²) in [7, 11) is -3.93. The van der Waals surface area contributed by atoms with Gasteiger partial charge in [0.25, 0.3) is 0 Å². The summed E-state index contributed by atoms with van der Waals surface area (Å²) >= 11 is 0. The Kier molecular flexibility index (Phi) is 28.6. The third-order valence-electron chi connectivity index (χ3n) is 18.3. The monoisotopic (exact) mass is 1450 g/mol. The zero-order valence-corrected chi connectivity index (χ0v) is 61.0. The van der Waals surface area contributed by atoms with Crippen molar-refractivity contribution in [2.24, 2.45) is 29.5 Å². The number of allylic oxidation sites excluding steroid dienone is 1. The summed E-state index contributed by atoms with van der Waals surface area (Å²) in [6, 6.07) is 21.4. The van der Waals surface area contributed by atoms with Crippen molar-refractivity contribution in [3.8, 4) is 0 Å². The molecule has 0 saturated carbocycles. The van der Waals surface area contributed by atoms with Gasteiger partial charge in [0.1, 0.15) is 6.04 Å². The molecule has 25 nitrogen and oxygen atoms in total. The highest BCUT2D eigenvalue weighted by atomic mass is 31.2. The zero-order chi connectivity index (χ0) is 74.8. The first-order valence-corrected chi connectivity index (χ1v) is 36.4. The standard InChI is InChI=1S/C75H97F2N6O19P/c1-47(52-22-25-55(26-23-52)75(76,77)103(93,101-45-99-70(90)73(3,4)5)102-46-100-71(91)74(6,7)8)41-64(86)79-58-27-24-53-15-10-16-54-43-56(66(65(53)54)67(58)87)68(88)80-57(28-31-62(78)84)48(2)98-44-51-19-17-49(18-20-51)13-11-33-94-35-37-96-39-40-97-38-36-95-34-12-14-50-21-29-59-61(42-50)82(9)72(92)83(59)60-30-32-63(85)81-69(60)89/h10,15-23,25-26,29,41-42,48,56-58,60,66H,11-14,24,27-28,30-40,43-46H2,1-9H3,(H2,78,84)(H,79,86)(H,80,88)(H,81,85,89)/b47-41+/t48-,56-,57+,58+,60?,66?/m1/s1. The Balaban J connectivity index is 0.739. The van der Waals surface area contributed by atoms with Gasteiger partial charge in [-0.2, -0.15) is 8.78 Å². The molecule has 5 aromatic rings. The van der Waals surface area contributed by atoms with Crippen LogP contribution >= 0.6 is 7.60 Å². The second-order valence-electron chi connectivity index (χ2n) is 28.2. The van der Waals surface area contributed by atoms with E-state index in [1.54, 1.807) is 20.9 Å². The van der Waals surface area contributed by atoms with Crippen LogP contribution in [0.4, 0.5) is 8.78 Å². The van der Waals surface area contributed by atoms with Gasteiger partial charge in [-0.3, -0.25) is 66.4 Å². The number of esters is 2. The number of amides is 5. The molecule has 2 aliphatic carbocycles. The first-order valence-electron chi connectivity index (χ1n) is 34.8. The normalized spacial score (nSPS) is 17.9. The van der Waals surface area contributed by atoms with Crippen molar-refractivity contribution < 1.29 is 93.9 Å². The van der Waals surface area contributed by atoms with Gasteiger partial charge in [0.05, 0.1) is 98.1 Å². The van der Waals surface area contributed by atoms with Crippen LogP contribution in [0.15, 0.2) is 95.8 Å². The van der Waals surface area contributed by atoms with Gasteiger partial charge in [0.15, 0.2) is 5.78 Å². The third-order valence-corrected chi connectivity index (χ3v) is 20.1. The second kappa shape index (κ2) is 36.5. The molecule has 4 aromatic carbocycles. The van der Waals surface area contributed by atoms with E-state index in [1.807, 2.05) is 60.7 Å².